The van der Waals surface area contributed by atoms with Crippen molar-refractivity contribution in [1.29, 1.82) is 0 Å². The molecule has 170 valence electrons. The van der Waals surface area contributed by atoms with E-state index in [1.54, 1.807) is 18.2 Å². The maximum Gasteiger partial charge on any atom is 0.312 e. The minimum Gasteiger partial charge on any atom is -0.392 e. The number of carbonyl (C=O) groups excluding carboxylic acids is 3. The van der Waals surface area contributed by atoms with Crippen molar-refractivity contribution in [2.75, 3.05) is 18.5 Å². The van der Waals surface area contributed by atoms with Gasteiger partial charge in [-0.1, -0.05) is 25.8 Å². The van der Waals surface area contributed by atoms with Gasteiger partial charge in [0.2, 0.25) is 11.8 Å². The maximum absolute atomic E-state index is 12.8. The zero-order valence-electron chi connectivity index (χ0n) is 18.1. The molecule has 0 unspecified atom stereocenters. The molecule has 0 aromatic heterocycles. The third-order valence-electron chi connectivity index (χ3n) is 4.30. The van der Waals surface area contributed by atoms with Gasteiger partial charge in [-0.25, -0.2) is 4.79 Å². The summed E-state index contributed by atoms with van der Waals surface area (Å²) in [6.45, 7) is 4.27. The molecule has 0 saturated heterocycles. The van der Waals surface area contributed by atoms with Gasteiger partial charge in [0.05, 0.1) is 13.2 Å². The highest BCUT2D eigenvalue weighted by atomic mass is 16.5. The number of amides is 4. The van der Waals surface area contributed by atoms with Gasteiger partial charge in [-0.2, -0.15) is 0 Å². The van der Waals surface area contributed by atoms with E-state index in [0.29, 0.717) is 42.6 Å². The van der Waals surface area contributed by atoms with Crippen LogP contribution < -0.4 is 21.7 Å². The Morgan fingerprint density at radius 2 is 2.00 bits per heavy atom. The maximum atomic E-state index is 12.8. The number of hydrogen-bond donors (Lipinski definition) is 5. The Morgan fingerprint density at radius 1 is 1.26 bits per heavy atom. The van der Waals surface area contributed by atoms with Crippen LogP contribution in [0.15, 0.2) is 18.2 Å². The molecule has 6 N–H and O–H groups in total. The third-order valence-corrected chi connectivity index (χ3v) is 4.30. The second kappa shape index (κ2) is 14.0. The number of benzene rings is 1. The molecule has 0 spiro atoms. The van der Waals surface area contributed by atoms with Crippen LogP contribution in [-0.4, -0.2) is 42.1 Å². The lowest BCUT2D eigenvalue weighted by Crippen LogP contribution is -2.44. The summed E-state index contributed by atoms with van der Waals surface area (Å²) in [7, 11) is 0. The van der Waals surface area contributed by atoms with Crippen LogP contribution in [0, 0.1) is 18.3 Å². The third kappa shape index (κ3) is 10.5. The topological polar surface area (TPSA) is 143 Å². The Morgan fingerprint density at radius 3 is 2.61 bits per heavy atom. The monoisotopic (exact) mass is 432 g/mol. The van der Waals surface area contributed by atoms with Gasteiger partial charge in [-0.15, -0.1) is 6.42 Å². The zero-order valence-corrected chi connectivity index (χ0v) is 18.1. The van der Waals surface area contributed by atoms with Crippen LogP contribution in [0.5, 0.6) is 0 Å². The second-order valence-corrected chi connectivity index (χ2v) is 7.48. The van der Waals surface area contributed by atoms with Crippen molar-refractivity contribution in [3.63, 3.8) is 0 Å². The molecule has 1 aromatic carbocycles. The molecule has 0 aliphatic heterocycles. The van der Waals surface area contributed by atoms with Gasteiger partial charge in [-0.3, -0.25) is 9.59 Å². The first-order valence-electron chi connectivity index (χ1n) is 10.1. The van der Waals surface area contributed by atoms with Crippen molar-refractivity contribution in [3.8, 4) is 12.3 Å². The molecule has 0 radical (unpaired) electrons. The van der Waals surface area contributed by atoms with Gasteiger partial charge in [0.15, 0.2) is 0 Å². The number of nitrogens with two attached hydrogens (primary N) is 1. The number of aliphatic hydroxyl groups is 1. The molecule has 0 aliphatic rings. The normalized spacial score (nSPS) is 11.5. The van der Waals surface area contributed by atoms with Gasteiger partial charge in [0.1, 0.15) is 12.6 Å². The van der Waals surface area contributed by atoms with Gasteiger partial charge >= 0.3 is 6.03 Å². The van der Waals surface area contributed by atoms with Gasteiger partial charge < -0.3 is 31.5 Å². The number of primary amides is 1. The highest BCUT2D eigenvalue weighted by Gasteiger charge is 2.21. The van der Waals surface area contributed by atoms with Crippen molar-refractivity contribution in [1.82, 2.24) is 10.6 Å². The van der Waals surface area contributed by atoms with Crippen LogP contribution in [0.25, 0.3) is 0 Å². The first kappa shape index (κ1) is 25.9. The largest absolute Gasteiger partial charge is 0.392 e. The van der Waals surface area contributed by atoms with E-state index in [-0.39, 0.29) is 37.6 Å². The summed E-state index contributed by atoms with van der Waals surface area (Å²) >= 11 is 0. The lowest BCUT2D eigenvalue weighted by molar-refractivity contribution is -0.127. The molecule has 1 atom stereocenters. The van der Waals surface area contributed by atoms with Crippen LogP contribution in [0.3, 0.4) is 0 Å². The van der Waals surface area contributed by atoms with Crippen molar-refractivity contribution in [2.24, 2.45) is 11.7 Å². The van der Waals surface area contributed by atoms with Crippen molar-refractivity contribution in [2.45, 2.75) is 52.4 Å². The van der Waals surface area contributed by atoms with Crippen LogP contribution in [0.1, 0.15) is 44.2 Å². The summed E-state index contributed by atoms with van der Waals surface area (Å²) in [5.74, 6) is 1.91. The SMILES string of the molecule is C#CCOCc1cc(NC(=O)[C@H](CCCNC(N)=O)NC(=O)CC(C)C)ccc1CO. The standard InChI is InChI=1S/C22H32N4O5/c1-4-10-31-14-17-12-18(8-7-16(17)13-27)25-21(29)19(6-5-9-24-22(23)30)26-20(28)11-15(2)3/h1,7-8,12,15,19,27H,5-6,9-11,13-14H2,2-3H3,(H,25,29)(H,26,28)(H3,23,24,30)/t19-/m0/s1. The first-order chi connectivity index (χ1) is 14.8. The number of anilines is 1. The minimum absolute atomic E-state index is 0.130. The van der Waals surface area contributed by atoms with Crippen LogP contribution in [0.2, 0.25) is 0 Å². The predicted octanol–water partition coefficient (Wildman–Crippen LogP) is 1.25. The quantitative estimate of drug-likeness (QED) is 0.235. The molecule has 0 fully saturated rings. The van der Waals surface area contributed by atoms with Crippen LogP contribution in [-0.2, 0) is 27.5 Å². The van der Waals surface area contributed by atoms with Gasteiger partial charge in [0, 0.05) is 18.7 Å². The summed E-state index contributed by atoms with van der Waals surface area (Å²) < 4.78 is 5.33. The number of rotatable bonds is 13. The van der Waals surface area contributed by atoms with Crippen molar-refractivity contribution < 1.29 is 24.2 Å². The molecule has 0 saturated carbocycles. The fraction of sp³-hybridized carbons (Fsp3) is 0.500. The average Bonchev–Trinajstić information content (AvgIpc) is 2.70. The predicted molar refractivity (Wildman–Crippen MR) is 118 cm³/mol. The Balaban J connectivity index is 2.86. The molecule has 4 amide bonds. The van der Waals surface area contributed by atoms with E-state index in [2.05, 4.69) is 21.9 Å². The molecular formula is C22H32N4O5. The highest BCUT2D eigenvalue weighted by Crippen LogP contribution is 2.18. The number of hydrogen-bond acceptors (Lipinski definition) is 5. The van der Waals surface area contributed by atoms with Gasteiger partial charge in [0.25, 0.3) is 0 Å². The Bertz CT molecular complexity index is 789. The summed E-state index contributed by atoms with van der Waals surface area (Å²) in [4.78, 5) is 35.9. The zero-order chi connectivity index (χ0) is 23.2. The molecule has 1 rings (SSSR count). The molecule has 0 heterocycles. The summed E-state index contributed by atoms with van der Waals surface area (Å²) in [5, 5.41) is 17.5. The number of ether oxygens (including phenoxy) is 1. The van der Waals surface area contributed by atoms with E-state index >= 15 is 0 Å². The smallest absolute Gasteiger partial charge is 0.312 e. The molecule has 0 bridgehead atoms. The van der Waals surface area contributed by atoms with Crippen LogP contribution in [0.4, 0.5) is 10.5 Å². The first-order valence-corrected chi connectivity index (χ1v) is 10.1. The van der Waals surface area contributed by atoms with E-state index < -0.39 is 12.1 Å². The van der Waals surface area contributed by atoms with Crippen LogP contribution >= 0.6 is 0 Å². The Kier molecular flexibility index (Phi) is 11.7. The van der Waals surface area contributed by atoms with E-state index in [1.807, 2.05) is 13.8 Å². The fourth-order valence-electron chi connectivity index (χ4n) is 2.85. The molecule has 1 aromatic rings. The van der Waals surface area contributed by atoms with Crippen molar-refractivity contribution >= 4 is 23.5 Å². The summed E-state index contributed by atoms with van der Waals surface area (Å²) in [6, 6.07) is 3.62. The molecule has 9 heteroatoms. The minimum atomic E-state index is -0.778. The highest BCUT2D eigenvalue weighted by molar-refractivity contribution is 5.97. The molecule has 9 nitrogen and oxygen atoms in total. The van der Waals surface area contributed by atoms with Gasteiger partial charge in [-0.05, 0) is 42.0 Å². The number of terminal acetylenes is 1. The van der Waals surface area contributed by atoms with E-state index in [9.17, 15) is 19.5 Å². The number of urea groups is 1. The Hall–Kier alpha value is -3.09. The molecule has 0 aliphatic carbocycles. The molecular weight excluding hydrogens is 400 g/mol. The number of aliphatic hydroxyl groups excluding tert-OH is 1. The fourth-order valence-corrected chi connectivity index (χ4v) is 2.85. The average molecular weight is 433 g/mol. The molecule has 31 heavy (non-hydrogen) atoms. The lowest BCUT2D eigenvalue weighted by atomic mass is 10.1. The summed E-state index contributed by atoms with van der Waals surface area (Å²) in [6.07, 6.45) is 6.26. The van der Waals surface area contributed by atoms with E-state index in [0.717, 1.165) is 0 Å². The van der Waals surface area contributed by atoms with E-state index in [4.69, 9.17) is 16.9 Å². The van der Waals surface area contributed by atoms with E-state index in [1.165, 1.54) is 0 Å². The second-order valence-electron chi connectivity index (χ2n) is 7.48. The lowest BCUT2D eigenvalue weighted by Gasteiger charge is -2.20. The van der Waals surface area contributed by atoms with Crippen molar-refractivity contribution in [3.05, 3.63) is 29.3 Å². The Labute approximate surface area is 183 Å². The number of nitrogens with one attached hydrogen (secondary N) is 3. The number of carbonyl (C=O) groups is 3. The summed E-state index contributed by atoms with van der Waals surface area (Å²) in [5.41, 5.74) is 6.91.